The predicted molar refractivity (Wildman–Crippen MR) is 79.0 cm³/mol. The SMILES string of the molecule is Cc1c(CNC(=O)C2CCc3cccc(O)c32)cnn1C. The van der Waals surface area contributed by atoms with Crippen LogP contribution in [-0.2, 0) is 24.8 Å². The number of aryl methyl sites for hydroxylation is 2. The van der Waals surface area contributed by atoms with Gasteiger partial charge in [-0.25, -0.2) is 0 Å². The fourth-order valence-electron chi connectivity index (χ4n) is 2.95. The molecule has 0 aliphatic heterocycles. The lowest BCUT2D eigenvalue weighted by Crippen LogP contribution is -2.28. The molecule has 0 radical (unpaired) electrons. The van der Waals surface area contributed by atoms with Gasteiger partial charge in [-0.3, -0.25) is 9.48 Å². The highest BCUT2D eigenvalue weighted by atomic mass is 16.3. The maximum Gasteiger partial charge on any atom is 0.227 e. The molecule has 3 rings (SSSR count). The van der Waals surface area contributed by atoms with E-state index in [2.05, 4.69) is 10.4 Å². The molecule has 110 valence electrons. The highest BCUT2D eigenvalue weighted by molar-refractivity contribution is 5.85. The average Bonchev–Trinajstić information content (AvgIpc) is 3.03. The number of hydrogen-bond acceptors (Lipinski definition) is 3. The zero-order valence-corrected chi connectivity index (χ0v) is 12.3. The summed E-state index contributed by atoms with van der Waals surface area (Å²) >= 11 is 0. The number of hydrogen-bond donors (Lipinski definition) is 2. The molecule has 0 bridgehead atoms. The second kappa shape index (κ2) is 5.24. The molecule has 5 heteroatoms. The number of fused-ring (bicyclic) bond motifs is 1. The smallest absolute Gasteiger partial charge is 0.227 e. The molecule has 1 atom stereocenters. The van der Waals surface area contributed by atoms with Gasteiger partial charge in [0.15, 0.2) is 0 Å². The number of aromatic nitrogens is 2. The first-order valence-corrected chi connectivity index (χ1v) is 7.14. The maximum absolute atomic E-state index is 12.4. The number of phenolic OH excluding ortho intramolecular Hbond substituents is 1. The number of benzene rings is 1. The van der Waals surface area contributed by atoms with Crippen LogP contribution in [0.5, 0.6) is 5.75 Å². The van der Waals surface area contributed by atoms with Gasteiger partial charge in [0.25, 0.3) is 0 Å². The van der Waals surface area contributed by atoms with Crippen molar-refractivity contribution in [1.29, 1.82) is 0 Å². The summed E-state index contributed by atoms with van der Waals surface area (Å²) < 4.78 is 1.79. The Kier molecular flexibility index (Phi) is 3.41. The fourth-order valence-corrected chi connectivity index (χ4v) is 2.95. The molecule has 2 N–H and O–H groups in total. The number of carbonyl (C=O) groups is 1. The Morgan fingerprint density at radius 1 is 1.52 bits per heavy atom. The van der Waals surface area contributed by atoms with Gasteiger partial charge in [-0.05, 0) is 31.4 Å². The Hall–Kier alpha value is -2.30. The van der Waals surface area contributed by atoms with Crippen molar-refractivity contribution in [3.05, 3.63) is 46.8 Å². The van der Waals surface area contributed by atoms with Crippen molar-refractivity contribution in [2.45, 2.75) is 32.2 Å². The van der Waals surface area contributed by atoms with Crippen molar-refractivity contribution in [3.8, 4) is 5.75 Å². The van der Waals surface area contributed by atoms with E-state index in [0.717, 1.165) is 35.2 Å². The van der Waals surface area contributed by atoms with E-state index >= 15 is 0 Å². The van der Waals surface area contributed by atoms with E-state index in [-0.39, 0.29) is 17.6 Å². The quantitative estimate of drug-likeness (QED) is 0.903. The molecule has 5 nitrogen and oxygen atoms in total. The highest BCUT2D eigenvalue weighted by Crippen LogP contribution is 2.38. The lowest BCUT2D eigenvalue weighted by molar-refractivity contribution is -0.122. The molecule has 0 fully saturated rings. The largest absolute Gasteiger partial charge is 0.508 e. The molecular weight excluding hydrogens is 266 g/mol. The van der Waals surface area contributed by atoms with Gasteiger partial charge in [0.2, 0.25) is 5.91 Å². The molecule has 0 spiro atoms. The molecule has 2 aromatic rings. The third kappa shape index (κ3) is 2.39. The molecule has 1 aliphatic rings. The van der Waals surface area contributed by atoms with Crippen molar-refractivity contribution in [3.63, 3.8) is 0 Å². The first kappa shape index (κ1) is 13.7. The summed E-state index contributed by atoms with van der Waals surface area (Å²) in [5, 5.41) is 17.1. The van der Waals surface area contributed by atoms with Gasteiger partial charge >= 0.3 is 0 Å². The predicted octanol–water partition coefficient (Wildman–Crippen LogP) is 1.78. The van der Waals surface area contributed by atoms with E-state index in [1.165, 1.54) is 0 Å². The second-order valence-corrected chi connectivity index (χ2v) is 5.54. The standard InChI is InChI=1S/C16H19N3O2/c1-10-12(9-18-19(10)2)8-17-16(21)13-7-6-11-4-3-5-14(20)15(11)13/h3-5,9,13,20H,6-8H2,1-2H3,(H,17,21). The van der Waals surface area contributed by atoms with Crippen molar-refractivity contribution < 1.29 is 9.90 Å². The van der Waals surface area contributed by atoms with Crippen molar-refractivity contribution >= 4 is 5.91 Å². The number of nitrogens with one attached hydrogen (secondary N) is 1. The number of phenols is 1. The highest BCUT2D eigenvalue weighted by Gasteiger charge is 2.30. The van der Waals surface area contributed by atoms with Crippen molar-refractivity contribution in [2.75, 3.05) is 0 Å². The molecule has 1 aromatic heterocycles. The topological polar surface area (TPSA) is 67.2 Å². The van der Waals surface area contributed by atoms with Crippen LogP contribution in [0.4, 0.5) is 0 Å². The molecular formula is C16H19N3O2. The van der Waals surface area contributed by atoms with Crippen LogP contribution in [0.1, 0.15) is 34.7 Å². The van der Waals surface area contributed by atoms with E-state index in [9.17, 15) is 9.90 Å². The zero-order chi connectivity index (χ0) is 15.0. The van der Waals surface area contributed by atoms with Crippen LogP contribution >= 0.6 is 0 Å². The summed E-state index contributed by atoms with van der Waals surface area (Å²) in [6, 6.07) is 5.46. The van der Waals surface area contributed by atoms with Gasteiger partial charge in [0.05, 0.1) is 12.1 Å². The van der Waals surface area contributed by atoms with Gasteiger partial charge in [-0.15, -0.1) is 0 Å². The minimum atomic E-state index is -0.252. The third-order valence-corrected chi connectivity index (χ3v) is 4.33. The van der Waals surface area contributed by atoms with Gasteiger partial charge in [-0.1, -0.05) is 12.1 Å². The Balaban J connectivity index is 1.72. The molecule has 1 amide bonds. The molecule has 21 heavy (non-hydrogen) atoms. The van der Waals surface area contributed by atoms with Crippen LogP contribution in [0.25, 0.3) is 0 Å². The lowest BCUT2D eigenvalue weighted by Gasteiger charge is -2.13. The molecule has 0 saturated heterocycles. The Morgan fingerprint density at radius 3 is 3.05 bits per heavy atom. The summed E-state index contributed by atoms with van der Waals surface area (Å²) in [6.45, 7) is 2.45. The molecule has 1 unspecified atom stereocenters. The van der Waals surface area contributed by atoms with Crippen LogP contribution in [-0.4, -0.2) is 20.8 Å². The fraction of sp³-hybridized carbons (Fsp3) is 0.375. The van der Waals surface area contributed by atoms with Gasteiger partial charge in [-0.2, -0.15) is 5.10 Å². The summed E-state index contributed by atoms with van der Waals surface area (Å²) in [5.74, 6) is -0.0561. The summed E-state index contributed by atoms with van der Waals surface area (Å²) in [7, 11) is 1.88. The zero-order valence-electron chi connectivity index (χ0n) is 12.3. The van der Waals surface area contributed by atoms with Crippen LogP contribution in [0.3, 0.4) is 0 Å². The minimum Gasteiger partial charge on any atom is -0.508 e. The summed E-state index contributed by atoms with van der Waals surface area (Å²) in [4.78, 5) is 12.4. The van der Waals surface area contributed by atoms with Crippen LogP contribution in [0, 0.1) is 6.92 Å². The van der Waals surface area contributed by atoms with Crippen molar-refractivity contribution in [2.24, 2.45) is 7.05 Å². The number of aromatic hydroxyl groups is 1. The molecule has 1 aromatic carbocycles. The average molecular weight is 285 g/mol. The minimum absolute atomic E-state index is 0.0292. The van der Waals surface area contributed by atoms with E-state index in [1.54, 1.807) is 16.9 Å². The van der Waals surface area contributed by atoms with Gasteiger partial charge < -0.3 is 10.4 Å². The molecule has 1 heterocycles. The summed E-state index contributed by atoms with van der Waals surface area (Å²) in [5.41, 5.74) is 3.93. The number of rotatable bonds is 3. The van der Waals surface area contributed by atoms with E-state index in [1.807, 2.05) is 26.1 Å². The molecule has 0 saturated carbocycles. The van der Waals surface area contributed by atoms with Crippen LogP contribution in [0.15, 0.2) is 24.4 Å². The van der Waals surface area contributed by atoms with E-state index in [0.29, 0.717) is 6.54 Å². The first-order chi connectivity index (χ1) is 10.1. The third-order valence-electron chi connectivity index (χ3n) is 4.33. The summed E-state index contributed by atoms with van der Waals surface area (Å²) in [6.07, 6.45) is 3.37. The monoisotopic (exact) mass is 285 g/mol. The van der Waals surface area contributed by atoms with E-state index < -0.39 is 0 Å². The van der Waals surface area contributed by atoms with Crippen LogP contribution in [0.2, 0.25) is 0 Å². The first-order valence-electron chi connectivity index (χ1n) is 7.14. The van der Waals surface area contributed by atoms with Gasteiger partial charge in [0, 0.05) is 30.4 Å². The Morgan fingerprint density at radius 2 is 2.33 bits per heavy atom. The number of carbonyl (C=O) groups excluding carboxylic acids is 1. The van der Waals surface area contributed by atoms with Crippen molar-refractivity contribution in [1.82, 2.24) is 15.1 Å². The Bertz CT molecular complexity index is 691. The maximum atomic E-state index is 12.4. The van der Waals surface area contributed by atoms with E-state index in [4.69, 9.17) is 0 Å². The number of amides is 1. The van der Waals surface area contributed by atoms with Gasteiger partial charge in [0.1, 0.15) is 5.75 Å². The van der Waals surface area contributed by atoms with Crippen LogP contribution < -0.4 is 5.32 Å². The lowest BCUT2D eigenvalue weighted by atomic mass is 9.99. The normalized spacial score (nSPS) is 16.8. The molecule has 1 aliphatic carbocycles. The Labute approximate surface area is 123 Å². The second-order valence-electron chi connectivity index (χ2n) is 5.54. The number of nitrogens with zero attached hydrogens (tertiary/aromatic N) is 2.